The molecule has 1 aromatic heterocycles. The van der Waals surface area contributed by atoms with Crippen LogP contribution < -0.4 is 10.6 Å². The lowest BCUT2D eigenvalue weighted by Crippen LogP contribution is -2.47. The number of likely N-dealkylation sites (N-methyl/N-ethyl adjacent to an activating group) is 1. The van der Waals surface area contributed by atoms with Gasteiger partial charge < -0.3 is 10.6 Å². The molecule has 3 heterocycles. The Morgan fingerprint density at radius 2 is 2.00 bits per heavy atom. The number of halogens is 1. The van der Waals surface area contributed by atoms with Gasteiger partial charge >= 0.3 is 0 Å². The standard InChI is InChI=1S/C20H35N5S.HI/c1-4-25-12-6-9-17(25)15-23-20(21-2)22-14-16-8-5-11-24(3)19(16)18-10-7-13-26-18;/h7,10,13,16-17,19H,4-6,8-9,11-12,14-15H2,1-3H3,(H2,21,22,23);1H. The van der Waals surface area contributed by atoms with Gasteiger partial charge in [0.25, 0.3) is 0 Å². The van der Waals surface area contributed by atoms with Crippen LogP contribution in [0.1, 0.15) is 43.5 Å². The van der Waals surface area contributed by atoms with Crippen molar-refractivity contribution in [2.45, 2.75) is 44.7 Å². The van der Waals surface area contributed by atoms with E-state index in [-0.39, 0.29) is 24.0 Å². The molecule has 0 aliphatic carbocycles. The van der Waals surface area contributed by atoms with Gasteiger partial charge in [-0.05, 0) is 69.7 Å². The molecule has 1 aromatic rings. The molecule has 5 nitrogen and oxygen atoms in total. The topological polar surface area (TPSA) is 42.9 Å². The number of thiophene rings is 1. The molecular formula is C20H36IN5S. The van der Waals surface area contributed by atoms with E-state index in [0.717, 1.165) is 25.6 Å². The molecule has 2 saturated heterocycles. The Kier molecular flexibility index (Phi) is 9.82. The second-order valence-corrected chi connectivity index (χ2v) is 8.58. The van der Waals surface area contributed by atoms with Crippen molar-refractivity contribution in [1.29, 1.82) is 0 Å². The van der Waals surface area contributed by atoms with Crippen LogP contribution in [-0.2, 0) is 0 Å². The highest BCUT2D eigenvalue weighted by Gasteiger charge is 2.31. The molecule has 0 bridgehead atoms. The average Bonchev–Trinajstić information content (AvgIpc) is 3.33. The normalized spacial score (nSPS) is 27.4. The number of rotatable bonds is 6. The van der Waals surface area contributed by atoms with Crippen LogP contribution >= 0.6 is 35.3 Å². The van der Waals surface area contributed by atoms with Gasteiger partial charge in [-0.1, -0.05) is 13.0 Å². The van der Waals surface area contributed by atoms with Crippen molar-refractivity contribution < 1.29 is 0 Å². The maximum atomic E-state index is 4.46. The lowest BCUT2D eigenvalue weighted by atomic mass is 9.88. The number of hydrogen-bond donors (Lipinski definition) is 2. The Morgan fingerprint density at radius 1 is 1.22 bits per heavy atom. The first kappa shape index (κ1) is 22.9. The molecule has 154 valence electrons. The van der Waals surface area contributed by atoms with Crippen molar-refractivity contribution in [2.24, 2.45) is 10.9 Å². The highest BCUT2D eigenvalue weighted by Crippen LogP contribution is 2.36. The van der Waals surface area contributed by atoms with E-state index in [1.54, 1.807) is 0 Å². The van der Waals surface area contributed by atoms with E-state index in [4.69, 9.17) is 0 Å². The number of guanidine groups is 1. The summed E-state index contributed by atoms with van der Waals surface area (Å²) in [5.41, 5.74) is 0. The third kappa shape index (κ3) is 6.05. The number of likely N-dealkylation sites (tertiary alicyclic amines) is 2. The van der Waals surface area contributed by atoms with Crippen LogP contribution in [0.4, 0.5) is 0 Å². The van der Waals surface area contributed by atoms with E-state index in [2.05, 4.69) is 56.9 Å². The van der Waals surface area contributed by atoms with Crippen LogP contribution in [0.25, 0.3) is 0 Å². The van der Waals surface area contributed by atoms with Gasteiger partial charge in [-0.25, -0.2) is 0 Å². The Balaban J connectivity index is 0.00000261. The monoisotopic (exact) mass is 505 g/mol. The molecular weight excluding hydrogens is 469 g/mol. The van der Waals surface area contributed by atoms with Gasteiger partial charge in [-0.2, -0.15) is 0 Å². The predicted molar refractivity (Wildman–Crippen MR) is 127 cm³/mol. The molecule has 2 fully saturated rings. The third-order valence-corrected chi connectivity index (χ3v) is 6.95. The van der Waals surface area contributed by atoms with E-state index < -0.39 is 0 Å². The van der Waals surface area contributed by atoms with Gasteiger partial charge in [-0.3, -0.25) is 14.8 Å². The van der Waals surface area contributed by atoms with Gasteiger partial charge in [0.1, 0.15) is 0 Å². The van der Waals surface area contributed by atoms with E-state index >= 15 is 0 Å². The van der Waals surface area contributed by atoms with Gasteiger partial charge in [0.2, 0.25) is 0 Å². The van der Waals surface area contributed by atoms with Crippen LogP contribution in [0.5, 0.6) is 0 Å². The summed E-state index contributed by atoms with van der Waals surface area (Å²) >= 11 is 1.89. The second kappa shape index (κ2) is 11.6. The molecule has 0 spiro atoms. The molecule has 2 aliphatic heterocycles. The minimum atomic E-state index is 0. The molecule has 7 heteroatoms. The molecule has 2 aliphatic rings. The minimum Gasteiger partial charge on any atom is -0.356 e. The highest BCUT2D eigenvalue weighted by atomic mass is 127. The number of nitrogens with one attached hydrogen (secondary N) is 2. The van der Waals surface area contributed by atoms with Crippen LogP contribution in [-0.4, -0.2) is 68.6 Å². The van der Waals surface area contributed by atoms with E-state index in [1.165, 1.54) is 43.6 Å². The Hall–Kier alpha value is -0.380. The van der Waals surface area contributed by atoms with Crippen molar-refractivity contribution in [3.05, 3.63) is 22.4 Å². The predicted octanol–water partition coefficient (Wildman–Crippen LogP) is 3.40. The molecule has 0 radical (unpaired) electrons. The zero-order valence-corrected chi connectivity index (χ0v) is 20.1. The van der Waals surface area contributed by atoms with Crippen LogP contribution in [0.2, 0.25) is 0 Å². The van der Waals surface area contributed by atoms with Gasteiger partial charge in [-0.15, -0.1) is 35.3 Å². The van der Waals surface area contributed by atoms with Crippen LogP contribution in [0, 0.1) is 5.92 Å². The van der Waals surface area contributed by atoms with Gasteiger partial charge in [0.15, 0.2) is 5.96 Å². The fraction of sp³-hybridized carbons (Fsp3) is 0.750. The van der Waals surface area contributed by atoms with Crippen molar-refractivity contribution >= 4 is 41.3 Å². The summed E-state index contributed by atoms with van der Waals surface area (Å²) in [6.07, 6.45) is 5.18. The first-order valence-corrected chi connectivity index (χ1v) is 11.0. The average molecular weight is 506 g/mol. The van der Waals surface area contributed by atoms with Gasteiger partial charge in [0, 0.05) is 37.1 Å². The Bertz CT molecular complexity index is 565. The van der Waals surface area contributed by atoms with E-state index in [9.17, 15) is 0 Å². The lowest BCUT2D eigenvalue weighted by Gasteiger charge is -2.39. The largest absolute Gasteiger partial charge is 0.356 e. The highest BCUT2D eigenvalue weighted by molar-refractivity contribution is 14.0. The molecule has 0 amide bonds. The quantitative estimate of drug-likeness (QED) is 0.354. The number of aliphatic imine (C=N–C) groups is 1. The maximum absolute atomic E-state index is 4.46. The number of nitrogens with zero attached hydrogens (tertiary/aromatic N) is 3. The summed E-state index contributed by atoms with van der Waals surface area (Å²) in [5.74, 6) is 1.58. The minimum absolute atomic E-state index is 0. The third-order valence-electron chi connectivity index (χ3n) is 6.01. The molecule has 0 aromatic carbocycles. The van der Waals surface area contributed by atoms with Gasteiger partial charge in [0.05, 0.1) is 0 Å². The van der Waals surface area contributed by atoms with E-state index in [1.807, 2.05) is 18.4 Å². The summed E-state index contributed by atoms with van der Waals surface area (Å²) in [7, 11) is 4.15. The zero-order valence-electron chi connectivity index (χ0n) is 17.0. The summed E-state index contributed by atoms with van der Waals surface area (Å²) in [6, 6.07) is 5.64. The summed E-state index contributed by atoms with van der Waals surface area (Å²) in [5, 5.41) is 9.37. The number of piperidine rings is 1. The molecule has 3 rings (SSSR count). The lowest BCUT2D eigenvalue weighted by molar-refractivity contribution is 0.125. The maximum Gasteiger partial charge on any atom is 0.191 e. The Labute approximate surface area is 186 Å². The number of hydrogen-bond acceptors (Lipinski definition) is 4. The first-order valence-electron chi connectivity index (χ1n) is 10.1. The molecule has 3 unspecified atom stereocenters. The molecule has 27 heavy (non-hydrogen) atoms. The Morgan fingerprint density at radius 3 is 2.70 bits per heavy atom. The summed E-state index contributed by atoms with van der Waals surface area (Å²) in [6.45, 7) is 7.82. The fourth-order valence-electron chi connectivity index (χ4n) is 4.59. The van der Waals surface area contributed by atoms with Crippen LogP contribution in [0.15, 0.2) is 22.5 Å². The summed E-state index contributed by atoms with van der Waals surface area (Å²) in [4.78, 5) is 11.0. The first-order chi connectivity index (χ1) is 12.7. The van der Waals surface area contributed by atoms with Crippen molar-refractivity contribution in [3.63, 3.8) is 0 Å². The van der Waals surface area contributed by atoms with E-state index in [0.29, 0.717) is 18.0 Å². The van der Waals surface area contributed by atoms with Crippen LogP contribution in [0.3, 0.4) is 0 Å². The van der Waals surface area contributed by atoms with Crippen molar-refractivity contribution in [2.75, 3.05) is 46.8 Å². The van der Waals surface area contributed by atoms with Crippen molar-refractivity contribution in [1.82, 2.24) is 20.4 Å². The molecule has 0 saturated carbocycles. The second-order valence-electron chi connectivity index (χ2n) is 7.60. The van der Waals surface area contributed by atoms with Crippen molar-refractivity contribution in [3.8, 4) is 0 Å². The summed E-state index contributed by atoms with van der Waals surface area (Å²) < 4.78 is 0. The molecule has 2 N–H and O–H groups in total. The SMILES string of the molecule is CCN1CCCC1CNC(=NC)NCC1CCCN(C)C1c1cccs1.I. The molecule has 3 atom stereocenters. The fourth-order valence-corrected chi connectivity index (χ4v) is 5.57. The zero-order chi connectivity index (χ0) is 18.4. The smallest absolute Gasteiger partial charge is 0.191 e.